The Labute approximate surface area is 117 Å². The molecular formula is C13H19N5O2. The molecular weight excluding hydrogens is 258 g/mol. The highest BCUT2D eigenvalue weighted by Gasteiger charge is 2.11. The van der Waals surface area contributed by atoms with E-state index >= 15 is 0 Å². The van der Waals surface area contributed by atoms with Crippen molar-refractivity contribution in [2.45, 2.75) is 26.2 Å². The van der Waals surface area contributed by atoms with Crippen LogP contribution in [-0.2, 0) is 24.7 Å². The van der Waals surface area contributed by atoms with Crippen LogP contribution in [0.15, 0.2) is 16.9 Å². The number of hydrogen-bond acceptors (Lipinski definition) is 5. The molecule has 0 aliphatic rings. The average Bonchev–Trinajstić information content (AvgIpc) is 3.02. The second-order valence-electron chi connectivity index (χ2n) is 4.82. The fourth-order valence-electron chi connectivity index (χ4n) is 1.88. The second kappa shape index (κ2) is 6.31. The molecule has 2 rings (SSSR count). The van der Waals surface area contributed by atoms with Crippen molar-refractivity contribution in [3.63, 3.8) is 0 Å². The number of hydrogen-bond donors (Lipinski definition) is 0. The second-order valence-corrected chi connectivity index (χ2v) is 4.82. The Balaban J connectivity index is 1.74. The Morgan fingerprint density at radius 2 is 2.25 bits per heavy atom. The molecule has 0 aliphatic heterocycles. The number of rotatable bonds is 6. The molecule has 108 valence electrons. The van der Waals surface area contributed by atoms with Crippen molar-refractivity contribution in [2.75, 3.05) is 13.6 Å². The summed E-state index contributed by atoms with van der Waals surface area (Å²) in [7, 11) is 3.66. The van der Waals surface area contributed by atoms with Crippen LogP contribution in [0.5, 0.6) is 0 Å². The van der Waals surface area contributed by atoms with Crippen LogP contribution in [0.4, 0.5) is 0 Å². The quantitative estimate of drug-likeness (QED) is 0.778. The first-order chi connectivity index (χ1) is 9.54. The van der Waals surface area contributed by atoms with E-state index < -0.39 is 0 Å². The number of aryl methyl sites for hydroxylation is 3. The molecule has 0 radical (unpaired) electrons. The van der Waals surface area contributed by atoms with E-state index in [2.05, 4.69) is 15.2 Å². The summed E-state index contributed by atoms with van der Waals surface area (Å²) in [6.07, 6.45) is 5.50. The maximum absolute atomic E-state index is 12.0. The summed E-state index contributed by atoms with van der Waals surface area (Å²) in [5.74, 6) is 1.29. The molecule has 0 fully saturated rings. The van der Waals surface area contributed by atoms with Crippen LogP contribution < -0.4 is 0 Å². The third kappa shape index (κ3) is 3.91. The summed E-state index contributed by atoms with van der Waals surface area (Å²) < 4.78 is 6.63. The van der Waals surface area contributed by atoms with E-state index in [0.717, 1.165) is 5.56 Å². The predicted molar refractivity (Wildman–Crippen MR) is 71.9 cm³/mol. The van der Waals surface area contributed by atoms with E-state index in [0.29, 0.717) is 37.5 Å². The van der Waals surface area contributed by atoms with Gasteiger partial charge in [0.1, 0.15) is 0 Å². The zero-order chi connectivity index (χ0) is 14.5. The van der Waals surface area contributed by atoms with Gasteiger partial charge >= 0.3 is 0 Å². The van der Waals surface area contributed by atoms with Crippen LogP contribution in [0.2, 0.25) is 0 Å². The lowest BCUT2D eigenvalue weighted by Gasteiger charge is -2.15. The molecule has 0 bridgehead atoms. The van der Waals surface area contributed by atoms with Crippen LogP contribution in [0.1, 0.15) is 23.7 Å². The van der Waals surface area contributed by atoms with Gasteiger partial charge in [-0.1, -0.05) is 5.16 Å². The topological polar surface area (TPSA) is 77.1 Å². The molecule has 0 atom stereocenters. The van der Waals surface area contributed by atoms with Gasteiger partial charge in [0.15, 0.2) is 5.82 Å². The van der Waals surface area contributed by atoms with Gasteiger partial charge in [-0.05, 0) is 12.0 Å². The minimum Gasteiger partial charge on any atom is -0.345 e. The molecule has 0 saturated carbocycles. The number of carbonyl (C=O) groups excluding carboxylic acids is 1. The molecule has 7 nitrogen and oxygen atoms in total. The largest absolute Gasteiger partial charge is 0.345 e. The minimum atomic E-state index is 0.106. The molecule has 2 aromatic heterocycles. The fourth-order valence-corrected chi connectivity index (χ4v) is 1.88. The van der Waals surface area contributed by atoms with Gasteiger partial charge in [0.25, 0.3) is 0 Å². The summed E-state index contributed by atoms with van der Waals surface area (Å²) in [6.45, 7) is 2.34. The molecule has 0 unspecified atom stereocenters. The predicted octanol–water partition coefficient (Wildman–Crippen LogP) is 0.745. The monoisotopic (exact) mass is 277 g/mol. The molecule has 1 amide bonds. The van der Waals surface area contributed by atoms with Gasteiger partial charge in [0, 0.05) is 46.6 Å². The zero-order valence-corrected chi connectivity index (χ0v) is 12.0. The van der Waals surface area contributed by atoms with Crippen LogP contribution >= 0.6 is 0 Å². The van der Waals surface area contributed by atoms with Crippen molar-refractivity contribution in [1.82, 2.24) is 24.8 Å². The number of nitrogens with zero attached hydrogens (tertiary/aromatic N) is 5. The van der Waals surface area contributed by atoms with E-state index in [4.69, 9.17) is 4.52 Å². The first-order valence-electron chi connectivity index (χ1n) is 6.55. The molecule has 7 heteroatoms. The maximum Gasteiger partial charge on any atom is 0.223 e. The Hall–Kier alpha value is -2.18. The minimum absolute atomic E-state index is 0.106. The molecule has 0 spiro atoms. The Morgan fingerprint density at radius 3 is 2.85 bits per heavy atom. The molecule has 2 heterocycles. The smallest absolute Gasteiger partial charge is 0.223 e. The maximum atomic E-state index is 12.0. The molecule has 0 aliphatic carbocycles. The SMILES string of the molecule is Cc1nc(CCN(C)C(=O)CCc2cnn(C)c2)no1. The Morgan fingerprint density at radius 1 is 1.45 bits per heavy atom. The first-order valence-corrected chi connectivity index (χ1v) is 6.55. The van der Waals surface area contributed by atoms with Crippen molar-refractivity contribution in [3.05, 3.63) is 29.7 Å². The van der Waals surface area contributed by atoms with E-state index in [9.17, 15) is 4.79 Å². The van der Waals surface area contributed by atoms with Gasteiger partial charge in [-0.3, -0.25) is 9.48 Å². The molecule has 20 heavy (non-hydrogen) atoms. The summed E-state index contributed by atoms with van der Waals surface area (Å²) in [5.41, 5.74) is 1.07. The van der Waals surface area contributed by atoms with Gasteiger partial charge in [0.05, 0.1) is 6.20 Å². The van der Waals surface area contributed by atoms with E-state index in [1.807, 2.05) is 13.2 Å². The van der Waals surface area contributed by atoms with Crippen LogP contribution in [0, 0.1) is 6.92 Å². The lowest BCUT2D eigenvalue weighted by molar-refractivity contribution is -0.129. The zero-order valence-electron chi connectivity index (χ0n) is 12.0. The summed E-state index contributed by atoms with van der Waals surface area (Å²) in [4.78, 5) is 17.8. The summed E-state index contributed by atoms with van der Waals surface area (Å²) >= 11 is 0. The van der Waals surface area contributed by atoms with Gasteiger partial charge < -0.3 is 9.42 Å². The highest BCUT2D eigenvalue weighted by molar-refractivity contribution is 5.76. The number of carbonyl (C=O) groups is 1. The lowest BCUT2D eigenvalue weighted by atomic mass is 10.2. The van der Waals surface area contributed by atoms with Crippen molar-refractivity contribution in [2.24, 2.45) is 7.05 Å². The highest BCUT2D eigenvalue weighted by Crippen LogP contribution is 2.04. The van der Waals surface area contributed by atoms with E-state index in [1.165, 1.54) is 0 Å². The van der Waals surface area contributed by atoms with Crippen LogP contribution in [0.25, 0.3) is 0 Å². The molecule has 2 aromatic rings. The van der Waals surface area contributed by atoms with Crippen LogP contribution in [-0.4, -0.2) is 44.3 Å². The van der Waals surface area contributed by atoms with E-state index in [-0.39, 0.29) is 5.91 Å². The Kier molecular flexibility index (Phi) is 4.49. The third-order valence-corrected chi connectivity index (χ3v) is 3.05. The van der Waals surface area contributed by atoms with Crippen molar-refractivity contribution in [3.8, 4) is 0 Å². The molecule has 0 aromatic carbocycles. The fraction of sp³-hybridized carbons (Fsp3) is 0.538. The standard InChI is InChI=1S/C13H19N5O2/c1-10-15-12(16-20-10)6-7-17(2)13(19)5-4-11-8-14-18(3)9-11/h8-9H,4-7H2,1-3H3. The summed E-state index contributed by atoms with van der Waals surface area (Å²) in [5, 5.41) is 7.89. The van der Waals surface area contributed by atoms with Crippen LogP contribution in [0.3, 0.4) is 0 Å². The summed E-state index contributed by atoms with van der Waals surface area (Å²) in [6, 6.07) is 0. The third-order valence-electron chi connectivity index (χ3n) is 3.05. The number of likely N-dealkylation sites (N-methyl/N-ethyl adjacent to an activating group) is 1. The van der Waals surface area contributed by atoms with Gasteiger partial charge in [-0.2, -0.15) is 10.1 Å². The van der Waals surface area contributed by atoms with E-state index in [1.54, 1.807) is 29.7 Å². The first kappa shape index (κ1) is 14.2. The Bertz CT molecular complexity index is 575. The normalized spacial score (nSPS) is 10.8. The van der Waals surface area contributed by atoms with Gasteiger partial charge in [-0.15, -0.1) is 0 Å². The molecule has 0 saturated heterocycles. The number of amides is 1. The highest BCUT2D eigenvalue weighted by atomic mass is 16.5. The number of aromatic nitrogens is 4. The van der Waals surface area contributed by atoms with Gasteiger partial charge in [0.2, 0.25) is 11.8 Å². The van der Waals surface area contributed by atoms with Crippen molar-refractivity contribution >= 4 is 5.91 Å². The lowest BCUT2D eigenvalue weighted by Crippen LogP contribution is -2.29. The average molecular weight is 277 g/mol. The molecule has 0 N–H and O–H groups in total. The van der Waals surface area contributed by atoms with Gasteiger partial charge in [-0.25, -0.2) is 0 Å². The van der Waals surface area contributed by atoms with Crippen molar-refractivity contribution < 1.29 is 9.32 Å². The van der Waals surface area contributed by atoms with Crippen molar-refractivity contribution in [1.29, 1.82) is 0 Å².